The second-order valence-electron chi connectivity index (χ2n) is 4.97. The van der Waals surface area contributed by atoms with Gasteiger partial charge in [-0.05, 0) is 24.1 Å². The Balaban J connectivity index is 2.89. The third kappa shape index (κ3) is 5.72. The third-order valence-electron chi connectivity index (χ3n) is 2.68. The van der Waals surface area contributed by atoms with Gasteiger partial charge in [0.15, 0.2) is 0 Å². The van der Waals surface area contributed by atoms with Crippen molar-refractivity contribution in [1.82, 2.24) is 10.2 Å². The maximum absolute atomic E-state index is 12.1. The van der Waals surface area contributed by atoms with Gasteiger partial charge in [-0.3, -0.25) is 4.79 Å². The van der Waals surface area contributed by atoms with Gasteiger partial charge in [-0.25, -0.2) is 0 Å². The highest BCUT2D eigenvalue weighted by molar-refractivity contribution is 7.90. The van der Waals surface area contributed by atoms with Crippen LogP contribution in [0.25, 0.3) is 0 Å². The number of phenols is 1. The van der Waals surface area contributed by atoms with Crippen molar-refractivity contribution in [2.75, 3.05) is 20.6 Å². The number of carbonyl (C=O) groups is 1. The van der Waals surface area contributed by atoms with Crippen LogP contribution in [-0.2, 0) is 21.2 Å². The quantitative estimate of drug-likeness (QED) is 0.575. The van der Waals surface area contributed by atoms with E-state index in [1.807, 2.05) is 0 Å². The van der Waals surface area contributed by atoms with Crippen LogP contribution in [0.15, 0.2) is 27.5 Å². The van der Waals surface area contributed by atoms with E-state index in [0.717, 1.165) is 18.5 Å². The standard InChI is InChI=1S/C13H16F3N3O4S/c1-19(2)8-18-24(22,23)11-7-9(3-4-10(11)20)5-6-17-12(21)13(14,15)16/h3-4,7-8,20H,5-6H2,1-2H3,(H,17,21). The second-order valence-corrected chi connectivity index (χ2v) is 6.57. The first kappa shape index (κ1) is 19.7. The van der Waals surface area contributed by atoms with Crippen LogP contribution in [0.4, 0.5) is 13.2 Å². The Morgan fingerprint density at radius 2 is 2.00 bits per heavy atom. The van der Waals surface area contributed by atoms with Gasteiger partial charge in [0.2, 0.25) is 0 Å². The van der Waals surface area contributed by atoms with E-state index in [1.165, 1.54) is 11.0 Å². The topological polar surface area (TPSA) is 99.1 Å². The number of hydrogen-bond acceptors (Lipinski definition) is 4. The van der Waals surface area contributed by atoms with Crippen molar-refractivity contribution in [3.63, 3.8) is 0 Å². The van der Waals surface area contributed by atoms with Gasteiger partial charge in [0.05, 0.1) is 0 Å². The van der Waals surface area contributed by atoms with Crippen LogP contribution >= 0.6 is 0 Å². The summed E-state index contributed by atoms with van der Waals surface area (Å²) in [6.07, 6.45) is -4.00. The molecule has 0 fully saturated rings. The predicted molar refractivity (Wildman–Crippen MR) is 80.2 cm³/mol. The van der Waals surface area contributed by atoms with Gasteiger partial charge in [-0.15, -0.1) is 4.40 Å². The second kappa shape index (κ2) is 7.51. The van der Waals surface area contributed by atoms with Gasteiger partial charge in [-0.2, -0.15) is 21.6 Å². The van der Waals surface area contributed by atoms with Crippen molar-refractivity contribution in [2.24, 2.45) is 4.40 Å². The fourth-order valence-corrected chi connectivity index (χ4v) is 2.61. The van der Waals surface area contributed by atoms with Crippen molar-refractivity contribution < 1.29 is 31.5 Å². The molecule has 0 spiro atoms. The van der Waals surface area contributed by atoms with E-state index in [0.29, 0.717) is 5.56 Å². The SMILES string of the molecule is CN(C)C=NS(=O)(=O)c1cc(CCNC(=O)C(F)(F)F)ccc1O. The molecule has 0 heterocycles. The molecule has 11 heteroatoms. The van der Waals surface area contributed by atoms with Crippen LogP contribution in [0.5, 0.6) is 5.75 Å². The van der Waals surface area contributed by atoms with Crippen molar-refractivity contribution in [3.8, 4) is 5.75 Å². The zero-order chi connectivity index (χ0) is 18.5. The van der Waals surface area contributed by atoms with Crippen LogP contribution in [-0.4, -0.2) is 57.5 Å². The van der Waals surface area contributed by atoms with E-state index in [9.17, 15) is 31.5 Å². The molecule has 0 saturated carbocycles. The Morgan fingerprint density at radius 1 is 1.38 bits per heavy atom. The molecule has 1 aromatic rings. The minimum atomic E-state index is -4.98. The monoisotopic (exact) mass is 367 g/mol. The summed E-state index contributed by atoms with van der Waals surface area (Å²) in [5, 5.41) is 11.3. The van der Waals surface area contributed by atoms with E-state index >= 15 is 0 Å². The van der Waals surface area contributed by atoms with Crippen LogP contribution in [0.2, 0.25) is 0 Å². The van der Waals surface area contributed by atoms with Crippen LogP contribution in [0.1, 0.15) is 5.56 Å². The third-order valence-corrected chi connectivity index (χ3v) is 3.93. The van der Waals surface area contributed by atoms with E-state index in [4.69, 9.17) is 0 Å². The van der Waals surface area contributed by atoms with Crippen molar-refractivity contribution in [2.45, 2.75) is 17.5 Å². The smallest absolute Gasteiger partial charge is 0.471 e. The van der Waals surface area contributed by atoms with E-state index < -0.39 is 32.8 Å². The predicted octanol–water partition coefficient (Wildman–Crippen LogP) is 0.892. The Bertz CT molecular complexity index is 730. The van der Waals surface area contributed by atoms with Crippen molar-refractivity contribution in [3.05, 3.63) is 23.8 Å². The molecule has 0 atom stereocenters. The summed E-state index contributed by atoms with van der Waals surface area (Å²) in [6, 6.07) is 3.53. The molecular weight excluding hydrogens is 351 g/mol. The number of hydrogen-bond donors (Lipinski definition) is 2. The zero-order valence-corrected chi connectivity index (χ0v) is 13.6. The Morgan fingerprint density at radius 3 is 2.54 bits per heavy atom. The average Bonchev–Trinajstić information content (AvgIpc) is 2.45. The molecule has 1 amide bonds. The molecule has 1 aromatic carbocycles. The number of alkyl halides is 3. The van der Waals surface area contributed by atoms with Gasteiger partial charge in [0.25, 0.3) is 10.0 Å². The minimum absolute atomic E-state index is 0.0536. The minimum Gasteiger partial charge on any atom is -0.507 e. The van der Waals surface area contributed by atoms with E-state index in [1.54, 1.807) is 19.4 Å². The molecule has 0 bridgehead atoms. The van der Waals surface area contributed by atoms with E-state index in [2.05, 4.69) is 4.40 Å². The highest BCUT2D eigenvalue weighted by Crippen LogP contribution is 2.25. The Labute approximate surface area is 136 Å². The largest absolute Gasteiger partial charge is 0.507 e. The fraction of sp³-hybridized carbons (Fsp3) is 0.385. The van der Waals surface area contributed by atoms with E-state index in [-0.39, 0.29) is 13.0 Å². The molecule has 0 aliphatic rings. The lowest BCUT2D eigenvalue weighted by Gasteiger charge is -2.09. The van der Waals surface area contributed by atoms with Crippen molar-refractivity contribution in [1.29, 1.82) is 0 Å². The maximum Gasteiger partial charge on any atom is 0.471 e. The molecule has 7 nitrogen and oxygen atoms in total. The molecule has 134 valence electrons. The first-order valence-corrected chi connectivity index (χ1v) is 8.01. The van der Waals surface area contributed by atoms with Gasteiger partial charge in [0, 0.05) is 20.6 Å². The Hall–Kier alpha value is -2.30. The van der Waals surface area contributed by atoms with Crippen LogP contribution < -0.4 is 5.32 Å². The summed E-state index contributed by atoms with van der Waals surface area (Å²) in [7, 11) is -1.05. The number of nitrogens with zero attached hydrogens (tertiary/aromatic N) is 2. The summed E-state index contributed by atoms with van der Waals surface area (Å²) in [4.78, 5) is 11.6. The summed E-state index contributed by atoms with van der Waals surface area (Å²) in [5.74, 6) is -2.61. The Kier molecular flexibility index (Phi) is 6.18. The highest BCUT2D eigenvalue weighted by Gasteiger charge is 2.38. The lowest BCUT2D eigenvalue weighted by atomic mass is 10.1. The lowest BCUT2D eigenvalue weighted by molar-refractivity contribution is -0.173. The molecular formula is C13H16F3N3O4S. The molecule has 2 N–H and O–H groups in total. The molecule has 1 rings (SSSR count). The summed E-state index contributed by atoms with van der Waals surface area (Å²) >= 11 is 0. The molecule has 0 radical (unpaired) electrons. The lowest BCUT2D eigenvalue weighted by Crippen LogP contribution is -2.37. The number of sulfonamides is 1. The molecule has 0 aromatic heterocycles. The van der Waals surface area contributed by atoms with Crippen LogP contribution in [0, 0.1) is 0 Å². The molecule has 0 aliphatic heterocycles. The van der Waals surface area contributed by atoms with Crippen molar-refractivity contribution >= 4 is 22.3 Å². The molecule has 0 aliphatic carbocycles. The molecule has 24 heavy (non-hydrogen) atoms. The molecule has 0 unspecified atom stereocenters. The van der Waals surface area contributed by atoms with Gasteiger partial charge < -0.3 is 15.3 Å². The number of benzene rings is 1. The maximum atomic E-state index is 12.1. The fourth-order valence-electron chi connectivity index (χ4n) is 1.55. The van der Waals surface area contributed by atoms with Crippen LogP contribution in [0.3, 0.4) is 0 Å². The number of halogens is 3. The number of aromatic hydroxyl groups is 1. The zero-order valence-electron chi connectivity index (χ0n) is 12.8. The first-order valence-electron chi connectivity index (χ1n) is 6.57. The number of carbonyl (C=O) groups excluding carboxylic acids is 1. The normalized spacial score (nSPS) is 12.4. The highest BCUT2D eigenvalue weighted by atomic mass is 32.2. The summed E-state index contributed by atoms with van der Waals surface area (Å²) in [6.45, 7) is -0.344. The summed E-state index contributed by atoms with van der Waals surface area (Å²) in [5.41, 5.74) is 0.314. The number of rotatable bonds is 6. The number of phenolic OH excluding ortho intramolecular Hbond substituents is 1. The van der Waals surface area contributed by atoms with Gasteiger partial charge in [-0.1, -0.05) is 6.07 Å². The summed E-state index contributed by atoms with van der Waals surface area (Å²) < 4.78 is 63.6. The number of nitrogens with one attached hydrogen (secondary N) is 1. The van der Waals surface area contributed by atoms with Gasteiger partial charge >= 0.3 is 12.1 Å². The first-order chi connectivity index (χ1) is 10.9. The molecule has 0 saturated heterocycles. The van der Waals surface area contributed by atoms with Gasteiger partial charge in [0.1, 0.15) is 17.0 Å². The number of amides is 1. The average molecular weight is 367 g/mol.